The highest BCUT2D eigenvalue weighted by molar-refractivity contribution is 7.13. The maximum atomic E-state index is 13.5. The molecular weight excluding hydrogens is 424 g/mol. The monoisotopic (exact) mass is 444 g/mol. The van der Waals surface area contributed by atoms with Crippen LogP contribution in [0.15, 0.2) is 77.6 Å². The van der Waals surface area contributed by atoms with Crippen LogP contribution < -0.4 is 15.4 Å². The van der Waals surface area contributed by atoms with Crippen LogP contribution in [-0.2, 0) is 4.79 Å². The largest absolute Gasteiger partial charge is 0.496 e. The lowest BCUT2D eigenvalue weighted by atomic mass is 9.94. The molecule has 3 aromatic heterocycles. The van der Waals surface area contributed by atoms with Gasteiger partial charge in [-0.15, -0.1) is 16.4 Å². The summed E-state index contributed by atoms with van der Waals surface area (Å²) in [6.07, 6.45) is 3.27. The van der Waals surface area contributed by atoms with Crippen LogP contribution in [0.2, 0.25) is 0 Å². The van der Waals surface area contributed by atoms with E-state index >= 15 is 0 Å². The van der Waals surface area contributed by atoms with Crippen molar-refractivity contribution in [2.45, 2.75) is 13.0 Å². The predicted octanol–water partition coefficient (Wildman–Crippen LogP) is 4.34. The van der Waals surface area contributed by atoms with Crippen LogP contribution in [0.1, 0.15) is 18.5 Å². The molecule has 4 aromatic rings. The molecule has 1 aliphatic heterocycles. The lowest BCUT2D eigenvalue weighted by Crippen LogP contribution is -2.31. The second-order valence-corrected chi connectivity index (χ2v) is 8.13. The molecule has 8 nitrogen and oxygen atoms in total. The minimum Gasteiger partial charge on any atom is -0.496 e. The number of allylic oxidation sites excluding steroid dienone is 1. The molecule has 9 heteroatoms. The van der Waals surface area contributed by atoms with E-state index in [0.29, 0.717) is 34.5 Å². The number of carbonyl (C=O) groups is 1. The smallest absolute Gasteiger partial charge is 0.255 e. The van der Waals surface area contributed by atoms with Gasteiger partial charge >= 0.3 is 0 Å². The average Bonchev–Trinajstić information content (AvgIpc) is 3.48. The van der Waals surface area contributed by atoms with Gasteiger partial charge < -0.3 is 15.4 Å². The van der Waals surface area contributed by atoms with Gasteiger partial charge in [-0.3, -0.25) is 9.78 Å². The Labute approximate surface area is 188 Å². The number of pyridine rings is 1. The zero-order chi connectivity index (χ0) is 22.1. The number of anilines is 2. The summed E-state index contributed by atoms with van der Waals surface area (Å²) < 4.78 is 7.38. The minimum absolute atomic E-state index is 0.252. The number of para-hydroxylation sites is 1. The standard InChI is InChI=1S/C23H20N6O2S/c1-14-19(22(30)26-15-7-5-11-24-13-15)20(16-8-3-4-9-17(16)31-2)29-23(25-14)27-21(28-29)18-10-6-12-32-18/h3-13,20H,1-2H3,(H,26,30)(H,25,27,28)/t20-/m0/s1. The first kappa shape index (κ1) is 20.0. The number of aromatic nitrogens is 4. The highest BCUT2D eigenvalue weighted by atomic mass is 32.1. The summed E-state index contributed by atoms with van der Waals surface area (Å²) in [5.41, 5.74) is 2.64. The van der Waals surface area contributed by atoms with Gasteiger partial charge in [0.15, 0.2) is 5.82 Å². The summed E-state index contributed by atoms with van der Waals surface area (Å²) >= 11 is 1.56. The molecule has 1 aliphatic rings. The van der Waals surface area contributed by atoms with E-state index in [0.717, 1.165) is 10.4 Å². The van der Waals surface area contributed by atoms with E-state index in [1.807, 2.05) is 48.7 Å². The molecule has 0 aliphatic carbocycles. The molecule has 2 N–H and O–H groups in total. The van der Waals surface area contributed by atoms with Crippen LogP contribution in [0.3, 0.4) is 0 Å². The van der Waals surface area contributed by atoms with Crippen molar-refractivity contribution in [3.8, 4) is 16.5 Å². The Bertz CT molecular complexity index is 1300. The Morgan fingerprint density at radius 2 is 2.06 bits per heavy atom. The topological polar surface area (TPSA) is 94.0 Å². The summed E-state index contributed by atoms with van der Waals surface area (Å²) in [6, 6.07) is 14.6. The number of thiophene rings is 1. The molecule has 0 bridgehead atoms. The number of ether oxygens (including phenoxy) is 1. The Kier molecular flexibility index (Phi) is 5.16. The molecule has 0 radical (unpaired) electrons. The van der Waals surface area contributed by atoms with E-state index in [-0.39, 0.29) is 5.91 Å². The van der Waals surface area contributed by atoms with Gasteiger partial charge in [0.25, 0.3) is 5.91 Å². The van der Waals surface area contributed by atoms with Gasteiger partial charge in [-0.2, -0.15) is 4.98 Å². The number of rotatable bonds is 5. The fourth-order valence-electron chi connectivity index (χ4n) is 3.77. The summed E-state index contributed by atoms with van der Waals surface area (Å²) in [7, 11) is 1.62. The number of benzene rings is 1. The number of methoxy groups -OCH3 is 1. The summed E-state index contributed by atoms with van der Waals surface area (Å²) in [4.78, 5) is 23.2. The van der Waals surface area contributed by atoms with Gasteiger partial charge in [0.2, 0.25) is 5.95 Å². The van der Waals surface area contributed by atoms with Crippen molar-refractivity contribution in [1.82, 2.24) is 19.7 Å². The highest BCUT2D eigenvalue weighted by Gasteiger charge is 2.36. The second kappa shape index (κ2) is 8.27. The maximum Gasteiger partial charge on any atom is 0.255 e. The van der Waals surface area contributed by atoms with Gasteiger partial charge in [-0.25, -0.2) is 4.68 Å². The molecule has 32 heavy (non-hydrogen) atoms. The van der Waals surface area contributed by atoms with E-state index in [1.165, 1.54) is 0 Å². The van der Waals surface area contributed by atoms with E-state index in [4.69, 9.17) is 9.84 Å². The molecule has 4 heterocycles. The Morgan fingerprint density at radius 1 is 1.19 bits per heavy atom. The van der Waals surface area contributed by atoms with Crippen LogP contribution in [0, 0.1) is 0 Å². The van der Waals surface area contributed by atoms with E-state index in [2.05, 4.69) is 20.6 Å². The molecule has 0 saturated heterocycles. The van der Waals surface area contributed by atoms with E-state index < -0.39 is 6.04 Å². The zero-order valence-corrected chi connectivity index (χ0v) is 18.3. The van der Waals surface area contributed by atoms with Crippen molar-refractivity contribution in [1.29, 1.82) is 0 Å². The lowest BCUT2D eigenvalue weighted by molar-refractivity contribution is -0.113. The number of carbonyl (C=O) groups excluding carboxylic acids is 1. The Balaban J connectivity index is 1.64. The molecule has 0 unspecified atom stereocenters. The van der Waals surface area contributed by atoms with Gasteiger partial charge in [0.05, 0.1) is 29.4 Å². The third-order valence-electron chi connectivity index (χ3n) is 5.19. The normalized spacial score (nSPS) is 15.1. The van der Waals surface area contributed by atoms with Crippen molar-refractivity contribution >= 4 is 28.9 Å². The third kappa shape index (κ3) is 3.52. The number of hydrogen-bond acceptors (Lipinski definition) is 7. The second-order valence-electron chi connectivity index (χ2n) is 7.18. The van der Waals surface area contributed by atoms with Gasteiger partial charge in [0.1, 0.15) is 11.8 Å². The molecule has 1 atom stereocenters. The first-order valence-corrected chi connectivity index (χ1v) is 10.9. The van der Waals surface area contributed by atoms with Crippen molar-refractivity contribution in [2.75, 3.05) is 17.7 Å². The first-order chi connectivity index (χ1) is 15.7. The van der Waals surface area contributed by atoms with Crippen LogP contribution in [0.25, 0.3) is 10.7 Å². The molecule has 0 fully saturated rings. The van der Waals surface area contributed by atoms with E-state index in [9.17, 15) is 4.79 Å². The van der Waals surface area contributed by atoms with Crippen LogP contribution >= 0.6 is 11.3 Å². The SMILES string of the molecule is COc1ccccc1[C@H]1C(C(=O)Nc2cccnc2)=C(C)Nc2nc(-c3cccs3)nn21. The van der Waals surface area contributed by atoms with Crippen LogP contribution in [-0.4, -0.2) is 32.8 Å². The molecule has 0 saturated carbocycles. The lowest BCUT2D eigenvalue weighted by Gasteiger charge is -2.29. The summed E-state index contributed by atoms with van der Waals surface area (Å²) in [6.45, 7) is 1.86. The maximum absolute atomic E-state index is 13.5. The van der Waals surface area contributed by atoms with Gasteiger partial charge in [-0.05, 0) is 36.6 Å². The predicted molar refractivity (Wildman–Crippen MR) is 124 cm³/mol. The van der Waals surface area contributed by atoms with Gasteiger partial charge in [-0.1, -0.05) is 24.3 Å². The van der Waals surface area contributed by atoms with Crippen LogP contribution in [0.4, 0.5) is 11.6 Å². The van der Waals surface area contributed by atoms with Crippen LogP contribution in [0.5, 0.6) is 5.75 Å². The highest BCUT2D eigenvalue weighted by Crippen LogP contribution is 2.40. The quantitative estimate of drug-likeness (QED) is 0.476. The summed E-state index contributed by atoms with van der Waals surface area (Å²) in [5, 5.41) is 13.0. The van der Waals surface area contributed by atoms with Crippen molar-refractivity contribution in [2.24, 2.45) is 0 Å². The first-order valence-electron chi connectivity index (χ1n) is 9.98. The van der Waals surface area contributed by atoms with Crippen molar-refractivity contribution in [3.63, 3.8) is 0 Å². The Hall–Kier alpha value is -3.98. The zero-order valence-electron chi connectivity index (χ0n) is 17.4. The molecular formula is C23H20N6O2S. The number of nitrogens with zero attached hydrogens (tertiary/aromatic N) is 4. The van der Waals surface area contributed by atoms with Crippen molar-refractivity contribution in [3.05, 3.63) is 83.1 Å². The number of amides is 1. The fourth-order valence-corrected chi connectivity index (χ4v) is 4.42. The minimum atomic E-state index is -0.528. The molecule has 0 spiro atoms. The van der Waals surface area contributed by atoms with Gasteiger partial charge in [0, 0.05) is 17.5 Å². The average molecular weight is 445 g/mol. The number of hydrogen-bond donors (Lipinski definition) is 2. The molecule has 160 valence electrons. The number of nitrogens with one attached hydrogen (secondary N) is 2. The molecule has 1 amide bonds. The molecule has 1 aromatic carbocycles. The third-order valence-corrected chi connectivity index (χ3v) is 6.06. The molecule has 5 rings (SSSR count). The van der Waals surface area contributed by atoms with E-state index in [1.54, 1.807) is 47.7 Å². The Morgan fingerprint density at radius 3 is 2.81 bits per heavy atom. The summed E-state index contributed by atoms with van der Waals surface area (Å²) in [5.74, 6) is 1.58. The van der Waals surface area contributed by atoms with Crippen molar-refractivity contribution < 1.29 is 9.53 Å². The fraction of sp³-hybridized carbons (Fsp3) is 0.130. The number of fused-ring (bicyclic) bond motifs is 1.